The Hall–Kier alpha value is -1.84. The number of pyridine rings is 1. The molecule has 1 aliphatic heterocycles. The van der Waals surface area contributed by atoms with Crippen molar-refractivity contribution < 1.29 is 9.53 Å². The summed E-state index contributed by atoms with van der Waals surface area (Å²) in [6.45, 7) is 1.40. The fourth-order valence-electron chi connectivity index (χ4n) is 2.58. The van der Waals surface area contributed by atoms with Crippen LogP contribution in [-0.4, -0.2) is 35.0 Å². The van der Waals surface area contributed by atoms with Gasteiger partial charge in [-0.15, -0.1) is 0 Å². The lowest BCUT2D eigenvalue weighted by Gasteiger charge is -2.40. The first-order chi connectivity index (χ1) is 9.33. The van der Waals surface area contributed by atoms with E-state index in [1.165, 1.54) is 0 Å². The van der Waals surface area contributed by atoms with Gasteiger partial charge in [0.25, 0.3) is 0 Å². The molecule has 2 aliphatic rings. The molecule has 0 spiro atoms. The summed E-state index contributed by atoms with van der Waals surface area (Å²) in [7, 11) is 0. The first-order valence-corrected chi connectivity index (χ1v) is 6.83. The number of allylic oxidation sites excluding steroid dienone is 2. The average Bonchev–Trinajstić information content (AvgIpc) is 2.44. The maximum Gasteiger partial charge on any atom is 0.226 e. The molecule has 1 atom stereocenters. The molecule has 3 rings (SSSR count). The zero-order valence-corrected chi connectivity index (χ0v) is 10.9. The summed E-state index contributed by atoms with van der Waals surface area (Å²) in [4.78, 5) is 18.1. The summed E-state index contributed by atoms with van der Waals surface area (Å²) in [6.07, 6.45) is 10.7. The van der Waals surface area contributed by atoms with Crippen LogP contribution in [0, 0.1) is 5.92 Å². The summed E-state index contributed by atoms with van der Waals surface area (Å²) < 4.78 is 5.75. The molecule has 0 saturated carbocycles. The van der Waals surface area contributed by atoms with E-state index in [-0.39, 0.29) is 17.9 Å². The molecule has 0 bridgehead atoms. The molecule has 0 N–H and O–H groups in total. The molecule has 0 unspecified atom stereocenters. The Bertz CT molecular complexity index is 466. The number of aromatic nitrogens is 1. The number of carbonyl (C=O) groups is 1. The number of rotatable bonds is 3. The topological polar surface area (TPSA) is 42.4 Å². The van der Waals surface area contributed by atoms with E-state index in [0.29, 0.717) is 13.1 Å². The number of likely N-dealkylation sites (tertiary alicyclic amines) is 1. The molecule has 100 valence electrons. The third kappa shape index (κ3) is 2.78. The monoisotopic (exact) mass is 258 g/mol. The van der Waals surface area contributed by atoms with E-state index in [0.717, 1.165) is 25.0 Å². The average molecular weight is 258 g/mol. The van der Waals surface area contributed by atoms with Crippen molar-refractivity contribution in [2.24, 2.45) is 5.92 Å². The van der Waals surface area contributed by atoms with Crippen LogP contribution >= 0.6 is 0 Å². The van der Waals surface area contributed by atoms with Crippen molar-refractivity contribution in [2.75, 3.05) is 13.1 Å². The second-order valence-corrected chi connectivity index (χ2v) is 5.15. The van der Waals surface area contributed by atoms with Crippen LogP contribution in [0.1, 0.15) is 19.3 Å². The van der Waals surface area contributed by atoms with Gasteiger partial charge in [0, 0.05) is 12.1 Å². The van der Waals surface area contributed by atoms with E-state index in [1.807, 2.05) is 17.0 Å². The van der Waals surface area contributed by atoms with Crippen molar-refractivity contribution in [3.8, 4) is 5.75 Å². The van der Waals surface area contributed by atoms with E-state index >= 15 is 0 Å². The minimum Gasteiger partial charge on any atom is -0.485 e. The summed E-state index contributed by atoms with van der Waals surface area (Å²) in [5, 5.41) is 0. The second-order valence-electron chi connectivity index (χ2n) is 5.15. The normalized spacial score (nSPS) is 22.9. The fraction of sp³-hybridized carbons (Fsp3) is 0.467. The van der Waals surface area contributed by atoms with E-state index in [4.69, 9.17) is 4.74 Å². The van der Waals surface area contributed by atoms with E-state index in [2.05, 4.69) is 17.1 Å². The Labute approximate surface area is 113 Å². The molecule has 0 aromatic carbocycles. The number of carbonyl (C=O) groups excluding carboxylic acids is 1. The lowest BCUT2D eigenvalue weighted by atomic mass is 9.92. The van der Waals surface area contributed by atoms with Gasteiger partial charge in [0.2, 0.25) is 5.91 Å². The van der Waals surface area contributed by atoms with Crippen molar-refractivity contribution in [2.45, 2.75) is 25.4 Å². The predicted octanol–water partition coefficient (Wildman–Crippen LogP) is 2.03. The SMILES string of the molecule is O=C([C@H]1CC=CCC1)N1CC(Oc2cccnc2)C1. The predicted molar refractivity (Wildman–Crippen MR) is 71.7 cm³/mol. The molecule has 1 amide bonds. The second kappa shape index (κ2) is 5.43. The van der Waals surface area contributed by atoms with Gasteiger partial charge in [-0.1, -0.05) is 12.2 Å². The maximum absolute atomic E-state index is 12.2. The first kappa shape index (κ1) is 12.2. The van der Waals surface area contributed by atoms with Crippen LogP contribution in [0.4, 0.5) is 0 Å². The van der Waals surface area contributed by atoms with Crippen LogP contribution in [0.3, 0.4) is 0 Å². The largest absolute Gasteiger partial charge is 0.485 e. The first-order valence-electron chi connectivity index (χ1n) is 6.83. The number of hydrogen-bond donors (Lipinski definition) is 0. The van der Waals surface area contributed by atoms with Crippen molar-refractivity contribution in [3.05, 3.63) is 36.7 Å². The zero-order valence-electron chi connectivity index (χ0n) is 10.9. The van der Waals surface area contributed by atoms with Crippen molar-refractivity contribution >= 4 is 5.91 Å². The van der Waals surface area contributed by atoms with Gasteiger partial charge in [-0.05, 0) is 31.4 Å². The molecule has 4 nitrogen and oxygen atoms in total. The van der Waals surface area contributed by atoms with Gasteiger partial charge >= 0.3 is 0 Å². The Balaban J connectivity index is 1.47. The highest BCUT2D eigenvalue weighted by Gasteiger charge is 2.35. The van der Waals surface area contributed by atoms with Crippen LogP contribution < -0.4 is 4.74 Å². The Morgan fingerprint density at radius 1 is 1.37 bits per heavy atom. The minimum absolute atomic E-state index is 0.118. The molecular formula is C15H18N2O2. The molecular weight excluding hydrogens is 240 g/mol. The summed E-state index contributed by atoms with van der Waals surface area (Å²) >= 11 is 0. The highest BCUT2D eigenvalue weighted by Crippen LogP contribution is 2.24. The molecule has 4 heteroatoms. The van der Waals surface area contributed by atoms with Crippen LogP contribution in [-0.2, 0) is 4.79 Å². The van der Waals surface area contributed by atoms with Gasteiger partial charge < -0.3 is 9.64 Å². The molecule has 1 fully saturated rings. The van der Waals surface area contributed by atoms with Crippen LogP contribution in [0.15, 0.2) is 36.7 Å². The fourth-order valence-corrected chi connectivity index (χ4v) is 2.58. The molecule has 1 aliphatic carbocycles. The van der Waals surface area contributed by atoms with Gasteiger partial charge in [-0.3, -0.25) is 9.78 Å². The Morgan fingerprint density at radius 2 is 2.26 bits per heavy atom. The Kier molecular flexibility index (Phi) is 3.49. The molecule has 1 aromatic rings. The highest BCUT2D eigenvalue weighted by molar-refractivity contribution is 5.80. The molecule has 0 radical (unpaired) electrons. The third-order valence-electron chi connectivity index (χ3n) is 3.72. The zero-order chi connectivity index (χ0) is 13.1. The molecule has 19 heavy (non-hydrogen) atoms. The number of hydrogen-bond acceptors (Lipinski definition) is 3. The van der Waals surface area contributed by atoms with Gasteiger partial charge in [-0.25, -0.2) is 0 Å². The lowest BCUT2D eigenvalue weighted by molar-refractivity contribution is -0.144. The van der Waals surface area contributed by atoms with Gasteiger partial charge in [0.05, 0.1) is 19.3 Å². The van der Waals surface area contributed by atoms with Gasteiger partial charge in [-0.2, -0.15) is 0 Å². The summed E-state index contributed by atoms with van der Waals surface area (Å²) in [5.74, 6) is 1.25. The molecule has 2 heterocycles. The molecule has 1 aromatic heterocycles. The van der Waals surface area contributed by atoms with Gasteiger partial charge in [0.1, 0.15) is 11.9 Å². The summed E-state index contributed by atoms with van der Waals surface area (Å²) in [5.41, 5.74) is 0. The van der Waals surface area contributed by atoms with E-state index in [9.17, 15) is 4.79 Å². The molecule has 1 saturated heterocycles. The summed E-state index contributed by atoms with van der Waals surface area (Å²) in [6, 6.07) is 3.74. The van der Waals surface area contributed by atoms with Crippen molar-refractivity contribution in [1.82, 2.24) is 9.88 Å². The van der Waals surface area contributed by atoms with Crippen LogP contribution in [0.25, 0.3) is 0 Å². The van der Waals surface area contributed by atoms with Crippen LogP contribution in [0.2, 0.25) is 0 Å². The maximum atomic E-state index is 12.2. The van der Waals surface area contributed by atoms with Crippen LogP contribution in [0.5, 0.6) is 5.75 Å². The lowest BCUT2D eigenvalue weighted by Crippen LogP contribution is -2.57. The van der Waals surface area contributed by atoms with Crippen molar-refractivity contribution in [1.29, 1.82) is 0 Å². The smallest absolute Gasteiger partial charge is 0.226 e. The quantitative estimate of drug-likeness (QED) is 0.779. The highest BCUT2D eigenvalue weighted by atomic mass is 16.5. The number of ether oxygens (including phenoxy) is 1. The Morgan fingerprint density at radius 3 is 2.95 bits per heavy atom. The van der Waals surface area contributed by atoms with E-state index in [1.54, 1.807) is 12.4 Å². The minimum atomic E-state index is 0.118. The van der Waals surface area contributed by atoms with Crippen molar-refractivity contribution in [3.63, 3.8) is 0 Å². The number of amides is 1. The van der Waals surface area contributed by atoms with Gasteiger partial charge in [0.15, 0.2) is 0 Å². The van der Waals surface area contributed by atoms with E-state index < -0.39 is 0 Å². The standard InChI is InChI=1S/C15H18N2O2/c18-15(12-5-2-1-3-6-12)17-10-14(11-17)19-13-7-4-8-16-9-13/h1-2,4,7-9,12,14H,3,5-6,10-11H2/t12-/m0/s1. The third-order valence-corrected chi connectivity index (χ3v) is 3.72. The number of nitrogens with zero attached hydrogens (tertiary/aromatic N) is 2.